The molecule has 34 heavy (non-hydrogen) atoms. The van der Waals surface area contributed by atoms with Gasteiger partial charge < -0.3 is 18.9 Å². The number of carbonyl (C=O) groups excluding carboxylic acids is 3. The lowest BCUT2D eigenvalue weighted by atomic mass is 9.90. The molecule has 0 N–H and O–H groups in total. The van der Waals surface area contributed by atoms with Crippen molar-refractivity contribution in [1.29, 1.82) is 0 Å². The second-order valence-corrected chi connectivity index (χ2v) is 8.14. The summed E-state index contributed by atoms with van der Waals surface area (Å²) in [6, 6.07) is 8.16. The molecule has 0 saturated carbocycles. The van der Waals surface area contributed by atoms with Crippen molar-refractivity contribution in [3.8, 4) is 23.0 Å². The fourth-order valence-electron chi connectivity index (χ4n) is 3.45. The van der Waals surface area contributed by atoms with E-state index < -0.39 is 17.5 Å². The molecule has 0 aromatic heterocycles. The molecule has 0 fully saturated rings. The summed E-state index contributed by atoms with van der Waals surface area (Å²) in [5.74, 6) is -0.305. The Labute approximate surface area is 198 Å². The van der Waals surface area contributed by atoms with E-state index in [1.807, 2.05) is 13.8 Å². The molecule has 1 aliphatic rings. The molecule has 0 aliphatic carbocycles. The Kier molecular flexibility index (Phi) is 7.36. The fraction of sp³-hybridized carbons (Fsp3) is 0.222. The van der Waals surface area contributed by atoms with Gasteiger partial charge in [-0.3, -0.25) is 4.79 Å². The zero-order valence-corrected chi connectivity index (χ0v) is 19.4. The van der Waals surface area contributed by atoms with Crippen molar-refractivity contribution in [3.05, 3.63) is 78.4 Å². The molecule has 2 aromatic carbocycles. The molecule has 7 nitrogen and oxygen atoms in total. The largest absolute Gasteiger partial charge is 0.496 e. The number of esters is 2. The van der Waals surface area contributed by atoms with Crippen LogP contribution < -0.4 is 18.9 Å². The summed E-state index contributed by atoms with van der Waals surface area (Å²) in [4.78, 5) is 36.4. The van der Waals surface area contributed by atoms with Gasteiger partial charge in [0.25, 0.3) is 0 Å². The first-order chi connectivity index (χ1) is 16.2. The second-order valence-electron chi connectivity index (χ2n) is 8.14. The van der Waals surface area contributed by atoms with Gasteiger partial charge in [0, 0.05) is 23.8 Å². The zero-order valence-electron chi connectivity index (χ0n) is 19.4. The lowest BCUT2D eigenvalue weighted by molar-refractivity contribution is -0.129. The lowest BCUT2D eigenvalue weighted by Gasteiger charge is -2.34. The van der Waals surface area contributed by atoms with Crippen molar-refractivity contribution in [1.82, 2.24) is 0 Å². The van der Waals surface area contributed by atoms with Gasteiger partial charge in [0.05, 0.1) is 7.11 Å². The molecule has 7 heteroatoms. The van der Waals surface area contributed by atoms with Gasteiger partial charge >= 0.3 is 11.9 Å². The van der Waals surface area contributed by atoms with E-state index in [4.69, 9.17) is 18.9 Å². The zero-order chi connectivity index (χ0) is 24.9. The normalized spacial score (nSPS) is 13.9. The van der Waals surface area contributed by atoms with Crippen molar-refractivity contribution in [2.24, 2.45) is 0 Å². The first kappa shape index (κ1) is 24.5. The Morgan fingerprint density at radius 3 is 2.26 bits per heavy atom. The van der Waals surface area contributed by atoms with Crippen molar-refractivity contribution in [2.45, 2.75) is 32.3 Å². The van der Waals surface area contributed by atoms with Gasteiger partial charge in [-0.25, -0.2) is 9.59 Å². The van der Waals surface area contributed by atoms with Crippen molar-refractivity contribution >= 4 is 23.8 Å². The van der Waals surface area contributed by atoms with E-state index in [2.05, 4.69) is 13.2 Å². The lowest BCUT2D eigenvalue weighted by Crippen LogP contribution is -2.34. The first-order valence-electron chi connectivity index (χ1n) is 10.6. The number of carbonyl (C=O) groups is 3. The summed E-state index contributed by atoms with van der Waals surface area (Å²) >= 11 is 0. The topological polar surface area (TPSA) is 88.1 Å². The third-order valence-corrected chi connectivity index (χ3v) is 5.20. The Bertz CT molecular complexity index is 1170. The van der Waals surface area contributed by atoms with Gasteiger partial charge in [0.2, 0.25) is 0 Å². The first-order valence-corrected chi connectivity index (χ1v) is 10.6. The Morgan fingerprint density at radius 2 is 1.65 bits per heavy atom. The van der Waals surface area contributed by atoms with Crippen LogP contribution in [0.5, 0.6) is 23.0 Å². The predicted molar refractivity (Wildman–Crippen MR) is 127 cm³/mol. The minimum Gasteiger partial charge on any atom is -0.496 e. The Morgan fingerprint density at radius 1 is 1.00 bits per heavy atom. The van der Waals surface area contributed by atoms with Gasteiger partial charge in [-0.15, -0.1) is 0 Å². The van der Waals surface area contributed by atoms with E-state index in [-0.39, 0.29) is 22.8 Å². The van der Waals surface area contributed by atoms with Gasteiger partial charge in [0.15, 0.2) is 5.78 Å². The molecular weight excluding hydrogens is 436 g/mol. The Balaban J connectivity index is 1.97. The molecule has 2 aromatic rings. The molecule has 0 radical (unpaired) electrons. The molecule has 1 aliphatic heterocycles. The van der Waals surface area contributed by atoms with Crippen LogP contribution in [0, 0.1) is 0 Å². The summed E-state index contributed by atoms with van der Waals surface area (Å²) in [7, 11) is 1.43. The van der Waals surface area contributed by atoms with Crippen LogP contribution in [0.15, 0.2) is 61.7 Å². The summed E-state index contributed by atoms with van der Waals surface area (Å²) < 4.78 is 22.1. The number of fused-ring (bicyclic) bond motifs is 1. The van der Waals surface area contributed by atoms with Crippen LogP contribution in [0.25, 0.3) is 6.08 Å². The van der Waals surface area contributed by atoms with Crippen LogP contribution in [0.4, 0.5) is 0 Å². The number of allylic oxidation sites excluding steroid dienone is 1. The smallest absolute Gasteiger partial charge is 0.335 e. The van der Waals surface area contributed by atoms with Gasteiger partial charge in [-0.05, 0) is 50.5 Å². The molecule has 0 spiro atoms. The van der Waals surface area contributed by atoms with Crippen LogP contribution in [-0.4, -0.2) is 30.4 Å². The second kappa shape index (κ2) is 10.2. The SMILES string of the molecule is C=CC(=O)Oc1ccc(/C=C/C(=O)c2c(OC)cc(OC(=O)C=C)c3c2OC(C)(C)CC3)cc1. The number of methoxy groups -OCH3 is 1. The van der Waals surface area contributed by atoms with E-state index in [0.717, 1.165) is 17.7 Å². The molecule has 0 bridgehead atoms. The van der Waals surface area contributed by atoms with E-state index >= 15 is 0 Å². The predicted octanol–water partition coefficient (Wildman–Crippen LogP) is 4.88. The molecular formula is C27H26O7. The molecule has 1 heterocycles. The third kappa shape index (κ3) is 5.61. The molecule has 0 saturated heterocycles. The number of ether oxygens (including phenoxy) is 4. The highest BCUT2D eigenvalue weighted by Crippen LogP contribution is 2.45. The van der Waals surface area contributed by atoms with Gasteiger partial charge in [-0.2, -0.15) is 0 Å². The van der Waals surface area contributed by atoms with Crippen LogP contribution in [-0.2, 0) is 16.0 Å². The molecule has 0 atom stereocenters. The van der Waals surface area contributed by atoms with E-state index in [1.165, 1.54) is 19.3 Å². The summed E-state index contributed by atoms with van der Waals surface area (Å²) in [6.45, 7) is 10.6. The minimum atomic E-state index is -0.615. The summed E-state index contributed by atoms with van der Waals surface area (Å²) in [5, 5.41) is 0. The summed E-state index contributed by atoms with van der Waals surface area (Å²) in [5.41, 5.74) is 1.07. The van der Waals surface area contributed by atoms with E-state index in [0.29, 0.717) is 29.9 Å². The molecule has 0 amide bonds. The van der Waals surface area contributed by atoms with Crippen molar-refractivity contribution in [2.75, 3.05) is 7.11 Å². The minimum absolute atomic E-state index is 0.227. The highest BCUT2D eigenvalue weighted by molar-refractivity contribution is 6.11. The maximum absolute atomic E-state index is 13.3. The highest BCUT2D eigenvalue weighted by atomic mass is 16.5. The number of hydrogen-bond acceptors (Lipinski definition) is 7. The standard InChI is InChI=1S/C27H26O7/c1-6-23(29)32-18-11-8-17(9-12-18)10-13-20(28)25-22(31-5)16-21(33-24(30)7-2)19-14-15-27(3,4)34-26(19)25/h6-13,16H,1-2,14-15H2,3-5H3/b13-10+. The average molecular weight is 462 g/mol. The van der Waals surface area contributed by atoms with Crippen LogP contribution in [0.3, 0.4) is 0 Å². The maximum Gasteiger partial charge on any atom is 0.335 e. The molecule has 176 valence electrons. The summed E-state index contributed by atoms with van der Waals surface area (Å²) in [6.07, 6.45) is 6.42. The quantitative estimate of drug-likeness (QED) is 0.239. The number of rotatable bonds is 8. The van der Waals surface area contributed by atoms with Crippen LogP contribution >= 0.6 is 0 Å². The van der Waals surface area contributed by atoms with E-state index in [9.17, 15) is 14.4 Å². The maximum atomic E-state index is 13.3. The molecule has 0 unspecified atom stereocenters. The molecule has 3 rings (SSSR count). The van der Waals surface area contributed by atoms with Crippen LogP contribution in [0.1, 0.15) is 41.8 Å². The average Bonchev–Trinajstić information content (AvgIpc) is 2.82. The van der Waals surface area contributed by atoms with Gasteiger partial charge in [0.1, 0.15) is 34.2 Å². The van der Waals surface area contributed by atoms with Crippen molar-refractivity contribution in [3.63, 3.8) is 0 Å². The third-order valence-electron chi connectivity index (χ3n) is 5.20. The van der Waals surface area contributed by atoms with Crippen LogP contribution in [0.2, 0.25) is 0 Å². The number of ketones is 1. The van der Waals surface area contributed by atoms with E-state index in [1.54, 1.807) is 30.3 Å². The van der Waals surface area contributed by atoms with Crippen molar-refractivity contribution < 1.29 is 33.3 Å². The number of hydrogen-bond donors (Lipinski definition) is 0. The van der Waals surface area contributed by atoms with Gasteiger partial charge in [-0.1, -0.05) is 31.4 Å². The number of benzene rings is 2. The highest BCUT2D eigenvalue weighted by Gasteiger charge is 2.34. The monoisotopic (exact) mass is 462 g/mol. The fourth-order valence-corrected chi connectivity index (χ4v) is 3.45. The Hall–Kier alpha value is -4.13.